The minimum atomic E-state index is -0.241. The van der Waals surface area contributed by atoms with Crippen LogP contribution in [0.3, 0.4) is 0 Å². The number of hydrogen-bond donors (Lipinski definition) is 2. The zero-order chi connectivity index (χ0) is 19.1. The number of methoxy groups -OCH3 is 1. The van der Waals surface area contributed by atoms with Gasteiger partial charge >= 0.3 is 6.03 Å². The highest BCUT2D eigenvalue weighted by Gasteiger charge is 2.22. The van der Waals surface area contributed by atoms with Crippen molar-refractivity contribution in [1.29, 1.82) is 0 Å². The first-order valence-corrected chi connectivity index (χ1v) is 9.83. The Labute approximate surface area is 162 Å². The van der Waals surface area contributed by atoms with Crippen LogP contribution in [0, 0.1) is 0 Å². The highest BCUT2D eigenvalue weighted by molar-refractivity contribution is 7.08. The Hall–Kier alpha value is -2.58. The van der Waals surface area contributed by atoms with Gasteiger partial charge in [0.05, 0.1) is 12.7 Å². The van der Waals surface area contributed by atoms with Gasteiger partial charge in [-0.15, -0.1) is 0 Å². The summed E-state index contributed by atoms with van der Waals surface area (Å²) in [7, 11) is 1.59. The molecule has 2 heterocycles. The monoisotopic (exact) mass is 388 g/mol. The van der Waals surface area contributed by atoms with Crippen molar-refractivity contribution >= 4 is 29.0 Å². The quantitative estimate of drug-likeness (QED) is 0.797. The van der Waals surface area contributed by atoms with E-state index in [0.29, 0.717) is 31.1 Å². The lowest BCUT2D eigenvalue weighted by Crippen LogP contribution is -2.50. The third kappa shape index (κ3) is 5.45. The van der Waals surface area contributed by atoms with E-state index in [1.54, 1.807) is 13.2 Å². The molecule has 0 bridgehead atoms. The summed E-state index contributed by atoms with van der Waals surface area (Å²) < 4.78 is 5.14. The fourth-order valence-corrected chi connectivity index (χ4v) is 3.58. The molecule has 8 heteroatoms. The number of nitrogens with one attached hydrogen (secondary N) is 2. The molecule has 0 radical (unpaired) electrons. The molecular formula is C19H24N4O3S. The average molecular weight is 388 g/mol. The molecule has 1 aromatic carbocycles. The maximum Gasteiger partial charge on any atom is 0.319 e. The fraction of sp³-hybridized carbons (Fsp3) is 0.368. The summed E-state index contributed by atoms with van der Waals surface area (Å²) in [5, 5.41) is 9.46. The third-order valence-electron chi connectivity index (χ3n) is 4.47. The van der Waals surface area contributed by atoms with Gasteiger partial charge in [-0.25, -0.2) is 4.79 Å². The van der Waals surface area contributed by atoms with E-state index in [4.69, 9.17) is 4.74 Å². The lowest BCUT2D eigenvalue weighted by Gasteiger charge is -2.34. The Morgan fingerprint density at radius 2 is 2.00 bits per heavy atom. The lowest BCUT2D eigenvalue weighted by atomic mass is 10.2. The molecule has 0 spiro atoms. The van der Waals surface area contributed by atoms with Crippen molar-refractivity contribution in [3.05, 3.63) is 46.7 Å². The Bertz CT molecular complexity index is 758. The first-order valence-electron chi connectivity index (χ1n) is 8.88. The summed E-state index contributed by atoms with van der Waals surface area (Å²) in [5.74, 6) is 0.800. The minimum Gasteiger partial charge on any atom is -0.497 e. The van der Waals surface area contributed by atoms with Crippen molar-refractivity contribution in [1.82, 2.24) is 15.1 Å². The maximum absolute atomic E-state index is 12.3. The molecule has 0 saturated carbocycles. The van der Waals surface area contributed by atoms with Gasteiger partial charge in [0.25, 0.3) is 5.91 Å². The van der Waals surface area contributed by atoms with E-state index in [9.17, 15) is 9.59 Å². The Morgan fingerprint density at radius 1 is 1.19 bits per heavy atom. The number of nitrogens with zero attached hydrogens (tertiary/aromatic N) is 2. The minimum absolute atomic E-state index is 0.103. The largest absolute Gasteiger partial charge is 0.497 e. The van der Waals surface area contributed by atoms with Gasteiger partial charge in [-0.3, -0.25) is 9.69 Å². The van der Waals surface area contributed by atoms with Gasteiger partial charge in [-0.1, -0.05) is 6.07 Å². The molecule has 1 fully saturated rings. The summed E-state index contributed by atoms with van der Waals surface area (Å²) in [5.41, 5.74) is 1.46. The van der Waals surface area contributed by atoms with Gasteiger partial charge in [0, 0.05) is 56.4 Å². The molecule has 3 rings (SSSR count). The van der Waals surface area contributed by atoms with E-state index in [1.165, 1.54) is 11.3 Å². The number of thiophene rings is 1. The molecule has 144 valence electrons. The topological polar surface area (TPSA) is 73.9 Å². The molecule has 1 aliphatic rings. The number of piperazine rings is 1. The molecule has 0 unspecified atom stereocenters. The predicted octanol–water partition coefficient (Wildman–Crippen LogP) is 2.34. The van der Waals surface area contributed by atoms with E-state index in [2.05, 4.69) is 15.5 Å². The van der Waals surface area contributed by atoms with Crippen LogP contribution in [0.15, 0.2) is 41.1 Å². The highest BCUT2D eigenvalue weighted by atomic mass is 32.1. The SMILES string of the molecule is COc1cccc(NC(=O)NCCN2CCN(C(=O)c3ccsc3)CC2)c1. The molecule has 0 atom stereocenters. The normalized spacial score (nSPS) is 14.6. The van der Waals surface area contributed by atoms with Crippen molar-refractivity contribution in [2.45, 2.75) is 0 Å². The number of carbonyl (C=O) groups excluding carboxylic acids is 2. The summed E-state index contributed by atoms with van der Waals surface area (Å²) in [6.45, 7) is 4.36. The highest BCUT2D eigenvalue weighted by Crippen LogP contribution is 2.16. The second-order valence-corrected chi connectivity index (χ2v) is 7.04. The van der Waals surface area contributed by atoms with Crippen LogP contribution >= 0.6 is 11.3 Å². The van der Waals surface area contributed by atoms with Gasteiger partial charge in [0.15, 0.2) is 0 Å². The van der Waals surface area contributed by atoms with Crippen molar-refractivity contribution in [2.75, 3.05) is 51.7 Å². The average Bonchev–Trinajstić information content (AvgIpc) is 3.23. The van der Waals surface area contributed by atoms with E-state index >= 15 is 0 Å². The maximum atomic E-state index is 12.3. The van der Waals surface area contributed by atoms with Crippen LogP contribution in [0.2, 0.25) is 0 Å². The first kappa shape index (κ1) is 19.2. The predicted molar refractivity (Wildman–Crippen MR) is 107 cm³/mol. The Kier molecular flexibility index (Phi) is 6.67. The van der Waals surface area contributed by atoms with E-state index in [0.717, 1.165) is 25.2 Å². The van der Waals surface area contributed by atoms with E-state index < -0.39 is 0 Å². The molecule has 7 nitrogen and oxygen atoms in total. The van der Waals surface area contributed by atoms with Crippen LogP contribution in [-0.2, 0) is 0 Å². The molecule has 3 amide bonds. The molecule has 0 aliphatic carbocycles. The number of anilines is 1. The zero-order valence-corrected chi connectivity index (χ0v) is 16.1. The van der Waals surface area contributed by atoms with Crippen molar-refractivity contribution in [3.63, 3.8) is 0 Å². The summed E-state index contributed by atoms with van der Waals surface area (Å²) in [4.78, 5) is 28.5. The number of benzene rings is 1. The fourth-order valence-electron chi connectivity index (χ4n) is 2.95. The Morgan fingerprint density at radius 3 is 2.70 bits per heavy atom. The Balaban J connectivity index is 1.35. The second kappa shape index (κ2) is 9.38. The van der Waals surface area contributed by atoms with Gasteiger partial charge in [-0.05, 0) is 23.6 Å². The van der Waals surface area contributed by atoms with Crippen LogP contribution in [0.4, 0.5) is 10.5 Å². The van der Waals surface area contributed by atoms with Crippen molar-refractivity contribution < 1.29 is 14.3 Å². The molecule has 1 aromatic heterocycles. The number of rotatable bonds is 6. The summed E-state index contributed by atoms with van der Waals surface area (Å²) >= 11 is 1.54. The molecule has 1 aliphatic heterocycles. The third-order valence-corrected chi connectivity index (χ3v) is 5.15. The summed E-state index contributed by atoms with van der Waals surface area (Å²) in [6.07, 6.45) is 0. The van der Waals surface area contributed by atoms with Gasteiger partial charge < -0.3 is 20.3 Å². The van der Waals surface area contributed by atoms with Crippen LogP contribution in [0.1, 0.15) is 10.4 Å². The van der Waals surface area contributed by atoms with Crippen LogP contribution in [0.5, 0.6) is 5.75 Å². The number of ether oxygens (including phenoxy) is 1. The number of hydrogen-bond acceptors (Lipinski definition) is 5. The second-order valence-electron chi connectivity index (χ2n) is 6.26. The lowest BCUT2D eigenvalue weighted by molar-refractivity contribution is 0.0640. The first-order chi connectivity index (χ1) is 13.2. The van der Waals surface area contributed by atoms with Crippen LogP contribution in [0.25, 0.3) is 0 Å². The van der Waals surface area contributed by atoms with Gasteiger partial charge in [0.1, 0.15) is 5.75 Å². The smallest absolute Gasteiger partial charge is 0.319 e. The standard InChI is InChI=1S/C19H24N4O3S/c1-26-17-4-2-3-16(13-17)21-19(25)20-6-7-22-8-10-23(11-9-22)18(24)15-5-12-27-14-15/h2-5,12-14H,6-11H2,1H3,(H2,20,21,25). The number of amides is 3. The molecule has 1 saturated heterocycles. The molecular weight excluding hydrogens is 364 g/mol. The van der Waals surface area contributed by atoms with Crippen molar-refractivity contribution in [3.8, 4) is 5.75 Å². The van der Waals surface area contributed by atoms with Gasteiger partial charge in [0.2, 0.25) is 0 Å². The zero-order valence-electron chi connectivity index (χ0n) is 15.3. The van der Waals surface area contributed by atoms with E-state index in [-0.39, 0.29) is 11.9 Å². The molecule has 2 N–H and O–H groups in total. The molecule has 2 aromatic rings. The van der Waals surface area contributed by atoms with Crippen molar-refractivity contribution in [2.24, 2.45) is 0 Å². The van der Waals surface area contributed by atoms with Crippen LogP contribution in [-0.4, -0.2) is 68.1 Å². The van der Waals surface area contributed by atoms with Crippen LogP contribution < -0.4 is 15.4 Å². The van der Waals surface area contributed by atoms with Gasteiger partial charge in [-0.2, -0.15) is 11.3 Å². The molecule has 27 heavy (non-hydrogen) atoms. The summed E-state index contributed by atoms with van der Waals surface area (Å²) in [6, 6.07) is 8.85. The number of carbonyl (C=O) groups is 2. The van der Waals surface area contributed by atoms with E-state index in [1.807, 2.05) is 39.9 Å². The number of urea groups is 1.